The first-order valence-corrected chi connectivity index (χ1v) is 5.21. The highest BCUT2D eigenvalue weighted by molar-refractivity contribution is 6.67. The number of hydrogen-bond acceptors (Lipinski definition) is 1. The Hall–Kier alpha value is -1.74. The standard InChI is InChI=1S/C13H7ClF2O/c14-13(17)11-5-4-9(7-12(11)16)8-2-1-3-10(15)6-8/h1-7H. The Morgan fingerprint density at radius 1 is 1.00 bits per heavy atom. The van der Waals surface area contributed by atoms with Crippen LogP contribution in [-0.2, 0) is 0 Å². The second-order valence-corrected chi connectivity index (χ2v) is 3.82. The Labute approximate surface area is 102 Å². The van der Waals surface area contributed by atoms with E-state index < -0.39 is 16.9 Å². The van der Waals surface area contributed by atoms with Crippen LogP contribution in [0.4, 0.5) is 8.78 Å². The number of halogens is 3. The van der Waals surface area contributed by atoms with Crippen molar-refractivity contribution in [2.24, 2.45) is 0 Å². The normalized spacial score (nSPS) is 10.3. The molecule has 0 aliphatic carbocycles. The summed E-state index contributed by atoms with van der Waals surface area (Å²) in [5, 5.41) is -0.853. The van der Waals surface area contributed by atoms with Crippen molar-refractivity contribution in [1.29, 1.82) is 0 Å². The molecule has 0 bridgehead atoms. The quantitative estimate of drug-likeness (QED) is 0.738. The van der Waals surface area contributed by atoms with Crippen molar-refractivity contribution in [3.63, 3.8) is 0 Å². The molecule has 0 radical (unpaired) electrons. The highest BCUT2D eigenvalue weighted by atomic mass is 35.5. The lowest BCUT2D eigenvalue weighted by Gasteiger charge is -2.04. The highest BCUT2D eigenvalue weighted by Gasteiger charge is 2.10. The molecule has 4 heteroatoms. The monoisotopic (exact) mass is 252 g/mol. The first-order valence-electron chi connectivity index (χ1n) is 4.83. The third kappa shape index (κ3) is 2.50. The van der Waals surface area contributed by atoms with Crippen molar-refractivity contribution in [1.82, 2.24) is 0 Å². The van der Waals surface area contributed by atoms with Gasteiger partial charge in [-0.05, 0) is 47.0 Å². The fourth-order valence-corrected chi connectivity index (χ4v) is 1.68. The summed E-state index contributed by atoms with van der Waals surface area (Å²) in [6.07, 6.45) is 0. The minimum absolute atomic E-state index is 0.188. The number of carbonyl (C=O) groups excluding carboxylic acids is 1. The van der Waals surface area contributed by atoms with Gasteiger partial charge in [0.05, 0.1) is 5.56 Å². The summed E-state index contributed by atoms with van der Waals surface area (Å²) in [5.41, 5.74) is 0.841. The average Bonchev–Trinajstić information content (AvgIpc) is 2.28. The van der Waals surface area contributed by atoms with Gasteiger partial charge in [-0.3, -0.25) is 4.79 Å². The first kappa shape index (κ1) is 11.7. The number of benzene rings is 2. The smallest absolute Gasteiger partial charge is 0.255 e. The minimum atomic E-state index is -0.853. The third-order valence-electron chi connectivity index (χ3n) is 2.34. The van der Waals surface area contributed by atoms with E-state index in [0.29, 0.717) is 11.1 Å². The second-order valence-electron chi connectivity index (χ2n) is 3.48. The lowest BCUT2D eigenvalue weighted by atomic mass is 10.0. The zero-order valence-corrected chi connectivity index (χ0v) is 9.34. The molecule has 0 atom stereocenters. The van der Waals surface area contributed by atoms with Crippen molar-refractivity contribution < 1.29 is 13.6 Å². The van der Waals surface area contributed by atoms with E-state index in [1.54, 1.807) is 6.07 Å². The van der Waals surface area contributed by atoms with Gasteiger partial charge in [-0.25, -0.2) is 8.78 Å². The summed E-state index contributed by atoms with van der Waals surface area (Å²) in [7, 11) is 0. The van der Waals surface area contributed by atoms with Gasteiger partial charge >= 0.3 is 0 Å². The molecule has 0 unspecified atom stereocenters. The van der Waals surface area contributed by atoms with Crippen LogP contribution in [0.5, 0.6) is 0 Å². The van der Waals surface area contributed by atoms with Gasteiger partial charge in [-0.1, -0.05) is 18.2 Å². The molecule has 0 N–H and O–H groups in total. The van der Waals surface area contributed by atoms with Crippen molar-refractivity contribution >= 4 is 16.8 Å². The number of rotatable bonds is 2. The van der Waals surface area contributed by atoms with Crippen LogP contribution in [0, 0.1) is 11.6 Å². The minimum Gasteiger partial charge on any atom is -0.275 e. The summed E-state index contributed by atoms with van der Waals surface area (Å²) >= 11 is 5.19. The lowest BCUT2D eigenvalue weighted by Crippen LogP contribution is -1.94. The summed E-state index contributed by atoms with van der Waals surface area (Å²) in [6.45, 7) is 0. The fraction of sp³-hybridized carbons (Fsp3) is 0. The summed E-state index contributed by atoms with van der Waals surface area (Å²) in [6, 6.07) is 9.74. The Morgan fingerprint density at radius 2 is 1.71 bits per heavy atom. The summed E-state index contributed by atoms with van der Waals surface area (Å²) < 4.78 is 26.5. The maximum absolute atomic E-state index is 13.5. The van der Waals surface area contributed by atoms with Crippen LogP contribution < -0.4 is 0 Å². The van der Waals surface area contributed by atoms with Gasteiger partial charge in [0.1, 0.15) is 11.6 Å². The van der Waals surface area contributed by atoms with E-state index in [4.69, 9.17) is 11.6 Å². The molecular formula is C13H7ClF2O. The van der Waals surface area contributed by atoms with E-state index in [1.165, 1.54) is 30.3 Å². The first-order chi connectivity index (χ1) is 8.08. The molecule has 0 amide bonds. The molecule has 0 spiro atoms. The van der Waals surface area contributed by atoms with Gasteiger partial charge in [0.25, 0.3) is 5.24 Å². The average molecular weight is 253 g/mol. The van der Waals surface area contributed by atoms with E-state index in [1.807, 2.05) is 0 Å². The zero-order chi connectivity index (χ0) is 12.4. The molecule has 86 valence electrons. The van der Waals surface area contributed by atoms with Gasteiger partial charge in [-0.15, -0.1) is 0 Å². The highest BCUT2D eigenvalue weighted by Crippen LogP contribution is 2.23. The molecule has 2 rings (SSSR count). The summed E-state index contributed by atoms with van der Waals surface area (Å²) in [5.74, 6) is -1.12. The Balaban J connectivity index is 2.48. The van der Waals surface area contributed by atoms with Gasteiger partial charge in [0.15, 0.2) is 0 Å². The van der Waals surface area contributed by atoms with Crippen LogP contribution in [0.25, 0.3) is 11.1 Å². The Morgan fingerprint density at radius 3 is 2.29 bits per heavy atom. The summed E-state index contributed by atoms with van der Waals surface area (Å²) in [4.78, 5) is 10.8. The second kappa shape index (κ2) is 4.63. The molecule has 2 aromatic rings. The molecule has 0 aliphatic rings. The van der Waals surface area contributed by atoms with Crippen LogP contribution in [0.2, 0.25) is 0 Å². The van der Waals surface area contributed by atoms with Crippen LogP contribution in [0.15, 0.2) is 42.5 Å². The lowest BCUT2D eigenvalue weighted by molar-refractivity contribution is 0.107. The predicted octanol–water partition coefficient (Wildman–Crippen LogP) is 4.01. The Bertz CT molecular complexity index is 581. The van der Waals surface area contributed by atoms with Crippen molar-refractivity contribution in [3.05, 3.63) is 59.7 Å². The molecule has 2 aromatic carbocycles. The molecule has 0 aromatic heterocycles. The SMILES string of the molecule is O=C(Cl)c1ccc(-c2cccc(F)c2)cc1F. The van der Waals surface area contributed by atoms with Crippen molar-refractivity contribution in [2.45, 2.75) is 0 Å². The Kier molecular flexibility index (Phi) is 3.20. The van der Waals surface area contributed by atoms with Gasteiger partial charge < -0.3 is 0 Å². The third-order valence-corrected chi connectivity index (χ3v) is 2.54. The maximum atomic E-state index is 13.5. The van der Waals surface area contributed by atoms with Crippen molar-refractivity contribution in [3.8, 4) is 11.1 Å². The van der Waals surface area contributed by atoms with Crippen LogP contribution in [0.3, 0.4) is 0 Å². The fourth-order valence-electron chi connectivity index (χ4n) is 1.52. The van der Waals surface area contributed by atoms with Crippen LogP contribution in [0.1, 0.15) is 10.4 Å². The molecule has 0 saturated heterocycles. The molecule has 0 heterocycles. The van der Waals surface area contributed by atoms with E-state index in [0.717, 1.165) is 6.07 Å². The molecule has 0 fully saturated rings. The number of carbonyl (C=O) groups is 1. The molecule has 1 nitrogen and oxygen atoms in total. The van der Waals surface area contributed by atoms with Gasteiger partial charge in [0, 0.05) is 0 Å². The van der Waals surface area contributed by atoms with E-state index in [2.05, 4.69) is 0 Å². The molecular weight excluding hydrogens is 246 g/mol. The van der Waals surface area contributed by atoms with Gasteiger partial charge in [-0.2, -0.15) is 0 Å². The number of hydrogen-bond donors (Lipinski definition) is 0. The van der Waals surface area contributed by atoms with E-state index in [9.17, 15) is 13.6 Å². The van der Waals surface area contributed by atoms with Crippen LogP contribution >= 0.6 is 11.6 Å². The molecule has 0 aliphatic heterocycles. The van der Waals surface area contributed by atoms with Crippen molar-refractivity contribution in [2.75, 3.05) is 0 Å². The maximum Gasteiger partial charge on any atom is 0.255 e. The van der Waals surface area contributed by atoms with Gasteiger partial charge in [0.2, 0.25) is 0 Å². The van der Waals surface area contributed by atoms with Crippen LogP contribution in [-0.4, -0.2) is 5.24 Å². The van der Waals surface area contributed by atoms with E-state index in [-0.39, 0.29) is 5.56 Å². The zero-order valence-electron chi connectivity index (χ0n) is 8.58. The predicted molar refractivity (Wildman–Crippen MR) is 62.0 cm³/mol. The topological polar surface area (TPSA) is 17.1 Å². The molecule has 0 saturated carbocycles. The molecule has 17 heavy (non-hydrogen) atoms. The largest absolute Gasteiger partial charge is 0.275 e. The van der Waals surface area contributed by atoms with E-state index >= 15 is 0 Å².